The van der Waals surface area contributed by atoms with Crippen LogP contribution in [0.1, 0.15) is 17.3 Å². The minimum atomic E-state index is -3.84. The minimum Gasteiger partial charge on any atom is -0.494 e. The number of carbonyl (C=O) groups is 1. The summed E-state index contributed by atoms with van der Waals surface area (Å²) >= 11 is 0. The molecule has 0 saturated heterocycles. The van der Waals surface area contributed by atoms with Crippen molar-refractivity contribution >= 4 is 38.2 Å². The fourth-order valence-electron chi connectivity index (χ4n) is 3.17. The van der Waals surface area contributed by atoms with Gasteiger partial charge in [0, 0.05) is 16.6 Å². The Morgan fingerprint density at radius 3 is 2.47 bits per heavy atom. The van der Waals surface area contributed by atoms with Gasteiger partial charge in [0.1, 0.15) is 11.6 Å². The molecular formula is C23H19FN4O5S. The van der Waals surface area contributed by atoms with Gasteiger partial charge < -0.3 is 14.8 Å². The first-order valence-corrected chi connectivity index (χ1v) is 11.6. The van der Waals surface area contributed by atoms with Crippen molar-refractivity contribution in [3.05, 3.63) is 78.1 Å². The van der Waals surface area contributed by atoms with Crippen LogP contribution < -0.4 is 9.46 Å². The van der Waals surface area contributed by atoms with E-state index >= 15 is 0 Å². The van der Waals surface area contributed by atoms with E-state index in [1.54, 1.807) is 12.1 Å². The SMILES string of the molecule is CCOc1ccc(S(=O)(=O)Nc2ccc(C(=O)N=Nc3c(O)[nH]c4ccc(F)cc34)cc2)cc1. The quantitative estimate of drug-likeness (QED) is 0.314. The van der Waals surface area contributed by atoms with Crippen molar-refractivity contribution in [2.24, 2.45) is 10.2 Å². The number of amides is 1. The highest BCUT2D eigenvalue weighted by atomic mass is 32.2. The number of hydrogen-bond donors (Lipinski definition) is 3. The van der Waals surface area contributed by atoms with Crippen molar-refractivity contribution in [1.82, 2.24) is 4.98 Å². The van der Waals surface area contributed by atoms with Crippen molar-refractivity contribution in [1.29, 1.82) is 0 Å². The first kappa shape index (κ1) is 22.9. The molecule has 0 atom stereocenters. The summed E-state index contributed by atoms with van der Waals surface area (Å²) in [7, 11) is -3.84. The molecular weight excluding hydrogens is 463 g/mol. The highest BCUT2D eigenvalue weighted by Gasteiger charge is 2.15. The number of halogens is 1. The van der Waals surface area contributed by atoms with Crippen molar-refractivity contribution in [3.8, 4) is 11.6 Å². The maximum absolute atomic E-state index is 13.5. The van der Waals surface area contributed by atoms with Gasteiger partial charge in [-0.1, -0.05) is 0 Å². The van der Waals surface area contributed by atoms with Crippen molar-refractivity contribution < 1.29 is 27.4 Å². The molecule has 1 aromatic heterocycles. The van der Waals surface area contributed by atoms with Crippen LogP contribution in [0.15, 0.2) is 81.9 Å². The molecule has 0 spiro atoms. The highest BCUT2D eigenvalue weighted by Crippen LogP contribution is 2.35. The second-order valence-electron chi connectivity index (χ2n) is 7.10. The van der Waals surface area contributed by atoms with E-state index in [1.165, 1.54) is 48.5 Å². The Labute approximate surface area is 194 Å². The van der Waals surface area contributed by atoms with E-state index in [2.05, 4.69) is 19.9 Å². The minimum absolute atomic E-state index is 0.0554. The van der Waals surface area contributed by atoms with Crippen LogP contribution in [0.3, 0.4) is 0 Å². The molecule has 0 saturated carbocycles. The highest BCUT2D eigenvalue weighted by molar-refractivity contribution is 7.92. The van der Waals surface area contributed by atoms with Gasteiger partial charge in [-0.05, 0) is 73.7 Å². The molecule has 0 bridgehead atoms. The first-order chi connectivity index (χ1) is 16.3. The van der Waals surface area contributed by atoms with Crippen LogP contribution in [0.2, 0.25) is 0 Å². The topological polar surface area (TPSA) is 133 Å². The zero-order chi connectivity index (χ0) is 24.3. The van der Waals surface area contributed by atoms with E-state index in [0.29, 0.717) is 17.9 Å². The smallest absolute Gasteiger partial charge is 0.295 e. The number of sulfonamides is 1. The van der Waals surface area contributed by atoms with Gasteiger partial charge in [-0.2, -0.15) is 0 Å². The lowest BCUT2D eigenvalue weighted by molar-refractivity contribution is 0.0995. The van der Waals surface area contributed by atoms with E-state index in [1.807, 2.05) is 6.92 Å². The average molecular weight is 482 g/mol. The summed E-state index contributed by atoms with van der Waals surface area (Å²) < 4.78 is 46.4. The summed E-state index contributed by atoms with van der Waals surface area (Å²) in [5.41, 5.74) is 0.748. The number of carbonyl (C=O) groups excluding carboxylic acids is 1. The molecule has 0 fully saturated rings. The van der Waals surface area contributed by atoms with E-state index in [9.17, 15) is 22.7 Å². The van der Waals surface area contributed by atoms with Crippen molar-refractivity contribution in [2.75, 3.05) is 11.3 Å². The van der Waals surface area contributed by atoms with E-state index in [0.717, 1.165) is 6.07 Å². The van der Waals surface area contributed by atoms with E-state index in [4.69, 9.17) is 4.74 Å². The number of azo groups is 1. The molecule has 0 aliphatic heterocycles. The molecule has 1 amide bonds. The second-order valence-corrected chi connectivity index (χ2v) is 8.79. The molecule has 9 nitrogen and oxygen atoms in total. The molecule has 0 aliphatic rings. The molecule has 0 radical (unpaired) electrons. The standard InChI is InChI=1S/C23H19FN4O5S/c1-2-33-17-8-10-18(11-9-17)34(31,32)28-16-6-3-14(4-7-16)22(29)27-26-21-19-13-15(24)5-12-20(19)25-23(21)30/h3-13,25,28,30H,2H2,1H3. The lowest BCUT2D eigenvalue weighted by Crippen LogP contribution is -2.13. The zero-order valence-corrected chi connectivity index (χ0v) is 18.6. The predicted molar refractivity (Wildman–Crippen MR) is 124 cm³/mol. The maximum atomic E-state index is 13.5. The van der Waals surface area contributed by atoms with Crippen LogP contribution in [0.4, 0.5) is 15.8 Å². The number of rotatable bonds is 7. The molecule has 11 heteroatoms. The Balaban J connectivity index is 1.47. The Morgan fingerprint density at radius 1 is 1.09 bits per heavy atom. The normalized spacial score (nSPS) is 11.7. The number of anilines is 1. The summed E-state index contributed by atoms with van der Waals surface area (Å²) in [6, 6.07) is 15.4. The summed E-state index contributed by atoms with van der Waals surface area (Å²) in [5, 5.41) is 17.6. The number of nitrogens with one attached hydrogen (secondary N) is 2. The molecule has 3 aromatic carbocycles. The van der Waals surface area contributed by atoms with Gasteiger partial charge in [0.25, 0.3) is 15.9 Å². The fraction of sp³-hybridized carbons (Fsp3) is 0.0870. The number of ether oxygens (including phenoxy) is 1. The van der Waals surface area contributed by atoms with Crippen LogP contribution in [0.25, 0.3) is 10.9 Å². The molecule has 4 aromatic rings. The first-order valence-electron chi connectivity index (χ1n) is 10.1. The van der Waals surface area contributed by atoms with Gasteiger partial charge in [0.05, 0.1) is 17.0 Å². The lowest BCUT2D eigenvalue weighted by Gasteiger charge is -2.09. The van der Waals surface area contributed by atoms with Crippen LogP contribution in [-0.4, -0.2) is 31.0 Å². The van der Waals surface area contributed by atoms with Gasteiger partial charge in [0.2, 0.25) is 5.88 Å². The summed E-state index contributed by atoms with van der Waals surface area (Å²) in [4.78, 5) is 15.1. The van der Waals surface area contributed by atoms with Gasteiger partial charge in [-0.15, -0.1) is 10.2 Å². The monoisotopic (exact) mass is 482 g/mol. The summed E-state index contributed by atoms with van der Waals surface area (Å²) in [6.45, 7) is 2.30. The Hall–Kier alpha value is -4.25. The third-order valence-corrected chi connectivity index (χ3v) is 6.18. The molecule has 4 rings (SSSR count). The average Bonchev–Trinajstić information content (AvgIpc) is 3.12. The number of aromatic hydroxyl groups is 1. The molecule has 0 aliphatic carbocycles. The predicted octanol–water partition coefficient (Wildman–Crippen LogP) is 5.14. The number of aromatic amines is 1. The molecule has 3 N–H and O–H groups in total. The van der Waals surface area contributed by atoms with Crippen LogP contribution in [-0.2, 0) is 10.0 Å². The third-order valence-electron chi connectivity index (χ3n) is 4.78. The number of fused-ring (bicyclic) bond motifs is 1. The second kappa shape index (κ2) is 9.32. The molecule has 34 heavy (non-hydrogen) atoms. The van der Waals surface area contributed by atoms with Crippen LogP contribution >= 0.6 is 0 Å². The van der Waals surface area contributed by atoms with Crippen molar-refractivity contribution in [2.45, 2.75) is 11.8 Å². The van der Waals surface area contributed by atoms with Crippen LogP contribution in [0, 0.1) is 5.82 Å². The molecule has 1 heterocycles. The number of nitrogens with zero attached hydrogens (tertiary/aromatic N) is 2. The number of hydrogen-bond acceptors (Lipinski definition) is 6. The molecule has 0 unspecified atom stereocenters. The zero-order valence-electron chi connectivity index (χ0n) is 17.8. The lowest BCUT2D eigenvalue weighted by atomic mass is 10.2. The fourth-order valence-corrected chi connectivity index (χ4v) is 4.23. The number of benzene rings is 3. The van der Waals surface area contributed by atoms with E-state index < -0.39 is 21.7 Å². The molecule has 174 valence electrons. The number of aromatic nitrogens is 1. The van der Waals surface area contributed by atoms with Gasteiger partial charge in [-0.25, -0.2) is 12.8 Å². The Bertz CT molecular complexity index is 1480. The Morgan fingerprint density at radius 2 is 1.79 bits per heavy atom. The van der Waals surface area contributed by atoms with Gasteiger partial charge in [0.15, 0.2) is 5.69 Å². The van der Waals surface area contributed by atoms with E-state index in [-0.39, 0.29) is 33.1 Å². The summed E-state index contributed by atoms with van der Waals surface area (Å²) in [5.74, 6) is -1.05. The summed E-state index contributed by atoms with van der Waals surface area (Å²) in [6.07, 6.45) is 0. The number of H-pyrrole nitrogens is 1. The van der Waals surface area contributed by atoms with Crippen molar-refractivity contribution in [3.63, 3.8) is 0 Å². The van der Waals surface area contributed by atoms with Crippen LogP contribution in [0.5, 0.6) is 11.6 Å². The largest absolute Gasteiger partial charge is 0.494 e. The van der Waals surface area contributed by atoms with Gasteiger partial charge >= 0.3 is 0 Å². The van der Waals surface area contributed by atoms with Gasteiger partial charge in [-0.3, -0.25) is 9.52 Å². The third kappa shape index (κ3) is 4.89. The maximum Gasteiger partial charge on any atom is 0.295 e. The Kier molecular flexibility index (Phi) is 6.28.